The average molecular weight is 301 g/mol. The third-order valence-corrected chi connectivity index (χ3v) is 3.36. The molecule has 5 heteroatoms. The zero-order valence-electron chi connectivity index (χ0n) is 13.6. The number of nitrogens with zero attached hydrogens (tertiary/aromatic N) is 1. The summed E-state index contributed by atoms with van der Waals surface area (Å²) < 4.78 is 5.13. The van der Waals surface area contributed by atoms with E-state index in [9.17, 15) is 4.79 Å². The van der Waals surface area contributed by atoms with Gasteiger partial charge in [-0.3, -0.25) is 10.1 Å². The molecular formula is C17H23N3O2. The number of rotatable bonds is 5. The Morgan fingerprint density at radius 3 is 2.45 bits per heavy atom. The van der Waals surface area contributed by atoms with Gasteiger partial charge < -0.3 is 9.84 Å². The van der Waals surface area contributed by atoms with E-state index in [1.165, 1.54) is 5.56 Å². The number of benzene rings is 1. The molecule has 5 nitrogen and oxygen atoms in total. The number of hydrogen-bond acceptors (Lipinski definition) is 4. The largest absolute Gasteiger partial charge is 0.376 e. The lowest BCUT2D eigenvalue weighted by Crippen LogP contribution is -2.21. The Labute approximate surface area is 131 Å². The molecule has 1 aromatic carbocycles. The van der Waals surface area contributed by atoms with Crippen molar-refractivity contribution < 1.29 is 9.32 Å². The van der Waals surface area contributed by atoms with Crippen molar-refractivity contribution >= 4 is 17.5 Å². The summed E-state index contributed by atoms with van der Waals surface area (Å²) >= 11 is 0. The maximum absolute atomic E-state index is 11.9. The van der Waals surface area contributed by atoms with Crippen molar-refractivity contribution in [3.63, 3.8) is 0 Å². The molecule has 0 aliphatic carbocycles. The first-order valence-electron chi connectivity index (χ1n) is 7.48. The van der Waals surface area contributed by atoms with Gasteiger partial charge in [-0.15, -0.1) is 0 Å². The molecule has 0 atom stereocenters. The quantitative estimate of drug-likeness (QED) is 0.885. The molecule has 1 heterocycles. The third kappa shape index (κ3) is 4.35. The van der Waals surface area contributed by atoms with Gasteiger partial charge in [0.15, 0.2) is 0 Å². The van der Waals surface area contributed by atoms with Crippen LogP contribution in [0.2, 0.25) is 0 Å². The molecule has 0 saturated carbocycles. The van der Waals surface area contributed by atoms with E-state index in [0.717, 1.165) is 17.8 Å². The lowest BCUT2D eigenvalue weighted by molar-refractivity contribution is -0.114. The molecule has 0 saturated heterocycles. The Hall–Kier alpha value is -2.30. The van der Waals surface area contributed by atoms with Gasteiger partial charge in [0.1, 0.15) is 0 Å². The summed E-state index contributed by atoms with van der Waals surface area (Å²) in [6.07, 6.45) is 1.00. The fourth-order valence-electron chi connectivity index (χ4n) is 1.91. The highest BCUT2D eigenvalue weighted by Gasteiger charge is 2.19. The van der Waals surface area contributed by atoms with Crippen molar-refractivity contribution in [1.82, 2.24) is 5.16 Å². The first-order chi connectivity index (χ1) is 10.4. The molecular weight excluding hydrogens is 278 g/mol. The van der Waals surface area contributed by atoms with E-state index >= 15 is 0 Å². The normalized spacial score (nSPS) is 11.3. The molecule has 2 N–H and O–H groups in total. The van der Waals surface area contributed by atoms with Crippen molar-refractivity contribution in [2.45, 2.75) is 39.5 Å². The number of aryl methyl sites for hydroxylation is 1. The number of aromatic nitrogens is 1. The van der Waals surface area contributed by atoms with Gasteiger partial charge in [-0.05, 0) is 24.1 Å². The molecule has 0 aliphatic heterocycles. The van der Waals surface area contributed by atoms with Crippen molar-refractivity contribution in [1.29, 1.82) is 0 Å². The van der Waals surface area contributed by atoms with E-state index in [2.05, 4.69) is 22.7 Å². The van der Waals surface area contributed by atoms with Gasteiger partial charge in [0.2, 0.25) is 11.8 Å². The Morgan fingerprint density at radius 2 is 1.91 bits per heavy atom. The molecule has 0 aliphatic rings. The Kier molecular flexibility index (Phi) is 4.85. The smallest absolute Gasteiger partial charge is 0.246 e. The van der Waals surface area contributed by atoms with Crippen LogP contribution in [0.3, 0.4) is 0 Å². The van der Waals surface area contributed by atoms with Crippen LogP contribution in [-0.2, 0) is 16.6 Å². The minimum Gasteiger partial charge on any atom is -0.376 e. The van der Waals surface area contributed by atoms with Crippen LogP contribution in [0.5, 0.6) is 0 Å². The Morgan fingerprint density at radius 1 is 1.23 bits per heavy atom. The van der Waals surface area contributed by atoms with Crippen LogP contribution < -0.4 is 10.6 Å². The van der Waals surface area contributed by atoms with Crippen LogP contribution in [-0.4, -0.2) is 17.6 Å². The number of anilines is 2. The highest BCUT2D eigenvalue weighted by molar-refractivity contribution is 5.92. The topological polar surface area (TPSA) is 67.2 Å². The van der Waals surface area contributed by atoms with Crippen molar-refractivity contribution in [3.8, 4) is 0 Å². The summed E-state index contributed by atoms with van der Waals surface area (Å²) in [6, 6.07) is 9.79. The zero-order chi connectivity index (χ0) is 16.2. The standard InChI is InChI=1S/C17H23N3O2/c1-5-12-6-8-13(9-7-12)18-11-15(21)19-16-10-14(20-22-16)17(2,3)4/h6-10,18H,5,11H2,1-4H3,(H,19,21). The third-order valence-electron chi connectivity index (χ3n) is 3.36. The molecule has 22 heavy (non-hydrogen) atoms. The van der Waals surface area contributed by atoms with Gasteiger partial charge in [0.05, 0.1) is 12.2 Å². The predicted molar refractivity (Wildman–Crippen MR) is 88.1 cm³/mol. The molecule has 2 aromatic rings. The van der Waals surface area contributed by atoms with Crippen molar-refractivity contribution in [3.05, 3.63) is 41.6 Å². The van der Waals surface area contributed by atoms with Crippen LogP contribution >= 0.6 is 0 Å². The average Bonchev–Trinajstić information content (AvgIpc) is 2.94. The SMILES string of the molecule is CCc1ccc(NCC(=O)Nc2cc(C(C)(C)C)no2)cc1. The van der Waals surface area contributed by atoms with E-state index < -0.39 is 0 Å². The van der Waals surface area contributed by atoms with Crippen molar-refractivity contribution in [2.24, 2.45) is 0 Å². The highest BCUT2D eigenvalue weighted by Crippen LogP contribution is 2.23. The van der Waals surface area contributed by atoms with Gasteiger partial charge in [-0.1, -0.05) is 45.0 Å². The number of nitrogens with one attached hydrogen (secondary N) is 2. The molecule has 1 amide bonds. The second-order valence-electron chi connectivity index (χ2n) is 6.28. The minimum absolute atomic E-state index is 0.105. The molecule has 0 radical (unpaired) electrons. The molecule has 2 rings (SSSR count). The molecule has 0 unspecified atom stereocenters. The molecule has 0 fully saturated rings. The minimum atomic E-state index is -0.170. The summed E-state index contributed by atoms with van der Waals surface area (Å²) in [5.74, 6) is 0.203. The first kappa shape index (κ1) is 16.1. The van der Waals surface area contributed by atoms with E-state index in [4.69, 9.17) is 4.52 Å². The van der Waals surface area contributed by atoms with Gasteiger partial charge >= 0.3 is 0 Å². The number of amides is 1. The second kappa shape index (κ2) is 6.64. The summed E-state index contributed by atoms with van der Waals surface area (Å²) in [7, 11) is 0. The number of hydrogen-bond donors (Lipinski definition) is 2. The summed E-state index contributed by atoms with van der Waals surface area (Å²) in [5, 5.41) is 9.74. The van der Waals surface area contributed by atoms with Gasteiger partial charge in [0.25, 0.3) is 0 Å². The summed E-state index contributed by atoms with van der Waals surface area (Å²) in [5.41, 5.74) is 2.89. The first-order valence-corrected chi connectivity index (χ1v) is 7.48. The van der Waals surface area contributed by atoms with Crippen LogP contribution in [0.1, 0.15) is 39.0 Å². The molecule has 0 spiro atoms. The summed E-state index contributed by atoms with van der Waals surface area (Å²) in [4.78, 5) is 11.9. The van der Waals surface area contributed by atoms with Crippen LogP contribution in [0, 0.1) is 0 Å². The number of carbonyl (C=O) groups excluding carboxylic acids is 1. The predicted octanol–water partition coefficient (Wildman–Crippen LogP) is 3.59. The van der Waals surface area contributed by atoms with E-state index in [-0.39, 0.29) is 17.9 Å². The van der Waals surface area contributed by atoms with Crippen LogP contribution in [0.25, 0.3) is 0 Å². The highest BCUT2D eigenvalue weighted by atomic mass is 16.5. The van der Waals surface area contributed by atoms with Gasteiger partial charge in [0, 0.05) is 17.2 Å². The van der Waals surface area contributed by atoms with Gasteiger partial charge in [-0.25, -0.2) is 0 Å². The van der Waals surface area contributed by atoms with Crippen molar-refractivity contribution in [2.75, 3.05) is 17.2 Å². The lowest BCUT2D eigenvalue weighted by Gasteiger charge is -2.12. The van der Waals surface area contributed by atoms with E-state index in [1.54, 1.807) is 6.07 Å². The zero-order valence-corrected chi connectivity index (χ0v) is 13.6. The van der Waals surface area contributed by atoms with E-state index in [1.807, 2.05) is 45.0 Å². The van der Waals surface area contributed by atoms with Gasteiger partial charge in [-0.2, -0.15) is 0 Å². The number of carbonyl (C=O) groups is 1. The van der Waals surface area contributed by atoms with Crippen LogP contribution in [0.4, 0.5) is 11.6 Å². The van der Waals surface area contributed by atoms with E-state index in [0.29, 0.717) is 5.88 Å². The Balaban J connectivity index is 1.86. The fourth-order valence-corrected chi connectivity index (χ4v) is 1.91. The maximum atomic E-state index is 11.9. The molecule has 1 aromatic heterocycles. The second-order valence-corrected chi connectivity index (χ2v) is 6.28. The Bertz CT molecular complexity index is 624. The fraction of sp³-hybridized carbons (Fsp3) is 0.412. The molecule has 118 valence electrons. The lowest BCUT2D eigenvalue weighted by atomic mass is 9.92. The monoisotopic (exact) mass is 301 g/mol. The van der Waals surface area contributed by atoms with Crippen LogP contribution in [0.15, 0.2) is 34.9 Å². The maximum Gasteiger partial charge on any atom is 0.246 e. The molecule has 0 bridgehead atoms. The summed E-state index contributed by atoms with van der Waals surface area (Å²) in [6.45, 7) is 8.41.